The molecule has 0 saturated carbocycles. The van der Waals surface area contributed by atoms with Gasteiger partial charge < -0.3 is 14.4 Å². The van der Waals surface area contributed by atoms with E-state index in [1.54, 1.807) is 30.0 Å². The quantitative estimate of drug-likeness (QED) is 0.427. The standard InChI is InChI=1S/C25H25Cl2N3O4/c1-3-21(24-29-28-14(2)34-24)30-23(15-7-9-18(26)10-8-15)20(16-5-4-6-19(27)11-16)12-17(25(30)33)13-22(31)32/h4-11,17,20-21,23H,3,12-13H2,1-2H3,(H,31,32)/t17?,20-,21?,23?/m1/s1. The number of aliphatic carboxylic acids is 1. The molecule has 178 valence electrons. The van der Waals surface area contributed by atoms with Gasteiger partial charge in [-0.1, -0.05) is 54.4 Å². The molecule has 3 unspecified atom stereocenters. The summed E-state index contributed by atoms with van der Waals surface area (Å²) in [5.41, 5.74) is 1.81. The molecule has 34 heavy (non-hydrogen) atoms. The van der Waals surface area contributed by atoms with Crippen LogP contribution in [0, 0.1) is 12.8 Å². The Labute approximate surface area is 207 Å². The van der Waals surface area contributed by atoms with Crippen molar-refractivity contribution in [3.05, 3.63) is 81.5 Å². The highest BCUT2D eigenvalue weighted by Crippen LogP contribution is 2.50. The Morgan fingerprint density at radius 1 is 1.15 bits per heavy atom. The van der Waals surface area contributed by atoms with Crippen molar-refractivity contribution >= 4 is 35.1 Å². The number of nitrogens with zero attached hydrogens (tertiary/aromatic N) is 3. The van der Waals surface area contributed by atoms with Crippen LogP contribution >= 0.6 is 23.2 Å². The number of aromatic nitrogens is 2. The van der Waals surface area contributed by atoms with Gasteiger partial charge in [0.05, 0.1) is 12.5 Å². The van der Waals surface area contributed by atoms with Gasteiger partial charge in [0.1, 0.15) is 6.04 Å². The highest BCUT2D eigenvalue weighted by molar-refractivity contribution is 6.30. The molecule has 0 radical (unpaired) electrons. The van der Waals surface area contributed by atoms with Gasteiger partial charge in [0.2, 0.25) is 17.7 Å². The fourth-order valence-corrected chi connectivity index (χ4v) is 5.18. The average molecular weight is 502 g/mol. The maximum atomic E-state index is 13.9. The Morgan fingerprint density at radius 2 is 1.88 bits per heavy atom. The van der Waals surface area contributed by atoms with Crippen LogP contribution in [0.2, 0.25) is 10.0 Å². The number of carboxylic acids is 1. The smallest absolute Gasteiger partial charge is 0.304 e. The summed E-state index contributed by atoms with van der Waals surface area (Å²) in [5.74, 6) is -1.45. The molecule has 1 aliphatic rings. The van der Waals surface area contributed by atoms with Gasteiger partial charge in [-0.3, -0.25) is 9.59 Å². The second-order valence-corrected chi connectivity index (χ2v) is 9.39. The van der Waals surface area contributed by atoms with Crippen molar-refractivity contribution in [1.82, 2.24) is 15.1 Å². The van der Waals surface area contributed by atoms with E-state index in [1.807, 2.05) is 37.3 Å². The summed E-state index contributed by atoms with van der Waals surface area (Å²) >= 11 is 12.5. The van der Waals surface area contributed by atoms with Gasteiger partial charge in [0, 0.05) is 28.8 Å². The van der Waals surface area contributed by atoms with Crippen LogP contribution in [0.1, 0.15) is 67.1 Å². The van der Waals surface area contributed by atoms with E-state index in [0.29, 0.717) is 34.7 Å². The topological polar surface area (TPSA) is 96.5 Å². The number of hydrogen-bond acceptors (Lipinski definition) is 5. The Bertz CT molecular complexity index is 1180. The third-order valence-corrected chi connectivity index (χ3v) is 6.77. The van der Waals surface area contributed by atoms with E-state index in [2.05, 4.69) is 10.2 Å². The molecule has 2 heterocycles. The van der Waals surface area contributed by atoms with Crippen molar-refractivity contribution in [2.45, 2.75) is 51.1 Å². The summed E-state index contributed by atoms with van der Waals surface area (Å²) in [7, 11) is 0. The van der Waals surface area contributed by atoms with E-state index in [9.17, 15) is 14.7 Å². The van der Waals surface area contributed by atoms with Crippen molar-refractivity contribution in [3.8, 4) is 0 Å². The maximum absolute atomic E-state index is 13.9. The predicted molar refractivity (Wildman–Crippen MR) is 128 cm³/mol. The van der Waals surface area contributed by atoms with E-state index in [0.717, 1.165) is 11.1 Å². The second kappa shape index (κ2) is 10.2. The summed E-state index contributed by atoms with van der Waals surface area (Å²) in [6.45, 7) is 3.63. The fourth-order valence-electron chi connectivity index (χ4n) is 4.85. The normalized spacial score (nSPS) is 21.5. The van der Waals surface area contributed by atoms with Crippen molar-refractivity contribution in [3.63, 3.8) is 0 Å². The first-order valence-electron chi connectivity index (χ1n) is 11.1. The van der Waals surface area contributed by atoms with E-state index in [1.165, 1.54) is 0 Å². The third kappa shape index (κ3) is 4.95. The first kappa shape index (κ1) is 24.2. The lowest BCUT2D eigenvalue weighted by Crippen LogP contribution is -2.49. The van der Waals surface area contributed by atoms with Crippen molar-refractivity contribution < 1.29 is 19.1 Å². The molecule has 1 amide bonds. The number of benzene rings is 2. The highest BCUT2D eigenvalue weighted by Gasteiger charge is 2.47. The molecule has 4 rings (SSSR count). The van der Waals surface area contributed by atoms with E-state index in [-0.39, 0.29) is 18.2 Å². The van der Waals surface area contributed by atoms with E-state index >= 15 is 0 Å². The van der Waals surface area contributed by atoms with Gasteiger partial charge >= 0.3 is 5.97 Å². The van der Waals surface area contributed by atoms with Gasteiger partial charge in [-0.25, -0.2) is 0 Å². The van der Waals surface area contributed by atoms with E-state index < -0.39 is 24.0 Å². The highest BCUT2D eigenvalue weighted by atomic mass is 35.5. The zero-order valence-electron chi connectivity index (χ0n) is 18.8. The SMILES string of the molecule is CCC(c1nnc(C)o1)N1C(=O)C(CC(=O)O)C[C@H](c2cccc(Cl)c2)C1c1ccc(Cl)cc1. The van der Waals surface area contributed by atoms with Gasteiger partial charge in [-0.05, 0) is 48.2 Å². The minimum Gasteiger partial charge on any atom is -0.481 e. The number of hydrogen-bond donors (Lipinski definition) is 1. The Balaban J connectivity index is 1.90. The molecule has 9 heteroatoms. The minimum absolute atomic E-state index is 0.208. The molecule has 1 saturated heterocycles. The number of halogens is 2. The summed E-state index contributed by atoms with van der Waals surface area (Å²) in [4.78, 5) is 27.3. The van der Waals surface area contributed by atoms with Crippen molar-refractivity contribution in [2.75, 3.05) is 0 Å². The number of carbonyl (C=O) groups excluding carboxylic acids is 1. The molecule has 0 aliphatic carbocycles. The zero-order chi connectivity index (χ0) is 24.4. The molecule has 7 nitrogen and oxygen atoms in total. The molecular formula is C25H25Cl2N3O4. The lowest BCUT2D eigenvalue weighted by Gasteiger charge is -2.47. The monoisotopic (exact) mass is 501 g/mol. The lowest BCUT2D eigenvalue weighted by molar-refractivity contribution is -0.153. The molecule has 2 aromatic carbocycles. The van der Waals surface area contributed by atoms with Crippen molar-refractivity contribution in [2.24, 2.45) is 5.92 Å². The Morgan fingerprint density at radius 3 is 2.47 bits per heavy atom. The second-order valence-electron chi connectivity index (χ2n) is 8.52. The molecule has 4 atom stereocenters. The average Bonchev–Trinajstić information content (AvgIpc) is 3.23. The Kier molecular flexibility index (Phi) is 7.24. The van der Waals surface area contributed by atoms with Crippen LogP contribution in [0.3, 0.4) is 0 Å². The predicted octanol–water partition coefficient (Wildman–Crippen LogP) is 5.98. The van der Waals surface area contributed by atoms with Crippen LogP contribution in [0.15, 0.2) is 52.9 Å². The molecule has 0 bridgehead atoms. The first-order valence-corrected chi connectivity index (χ1v) is 11.9. The first-order chi connectivity index (χ1) is 16.3. The van der Waals surface area contributed by atoms with Crippen LogP contribution in [0.25, 0.3) is 0 Å². The number of amides is 1. The van der Waals surface area contributed by atoms with Crippen LogP contribution in [0.5, 0.6) is 0 Å². The molecular weight excluding hydrogens is 477 g/mol. The lowest BCUT2D eigenvalue weighted by atomic mass is 9.74. The number of likely N-dealkylation sites (tertiary alicyclic amines) is 1. The number of aryl methyl sites for hydroxylation is 1. The number of carbonyl (C=O) groups is 2. The molecule has 1 fully saturated rings. The molecule has 1 aliphatic heterocycles. The Hall–Kier alpha value is -2.90. The molecule has 1 N–H and O–H groups in total. The minimum atomic E-state index is -1.02. The summed E-state index contributed by atoms with van der Waals surface area (Å²) in [6, 6.07) is 13.9. The van der Waals surface area contributed by atoms with Gasteiger partial charge in [0.25, 0.3) is 0 Å². The molecule has 0 spiro atoms. The van der Waals surface area contributed by atoms with Crippen molar-refractivity contribution in [1.29, 1.82) is 0 Å². The van der Waals surface area contributed by atoms with Gasteiger partial charge in [-0.2, -0.15) is 0 Å². The van der Waals surface area contributed by atoms with Gasteiger partial charge in [-0.15, -0.1) is 10.2 Å². The number of carboxylic acid groups (broad SMARTS) is 1. The number of piperidine rings is 1. The fraction of sp³-hybridized carbons (Fsp3) is 0.360. The van der Waals surface area contributed by atoms with Crippen LogP contribution in [0.4, 0.5) is 0 Å². The third-order valence-electron chi connectivity index (χ3n) is 6.28. The van der Waals surface area contributed by atoms with Gasteiger partial charge in [0.15, 0.2) is 0 Å². The zero-order valence-corrected chi connectivity index (χ0v) is 20.3. The van der Waals surface area contributed by atoms with E-state index in [4.69, 9.17) is 27.6 Å². The molecule has 3 aromatic rings. The van der Waals surface area contributed by atoms with Crippen LogP contribution in [-0.2, 0) is 9.59 Å². The molecule has 1 aromatic heterocycles. The summed E-state index contributed by atoms with van der Waals surface area (Å²) in [6.07, 6.45) is 0.618. The number of rotatable bonds is 7. The van der Waals surface area contributed by atoms with Crippen LogP contribution in [-0.4, -0.2) is 32.1 Å². The summed E-state index contributed by atoms with van der Waals surface area (Å²) in [5, 5.41) is 18.9. The summed E-state index contributed by atoms with van der Waals surface area (Å²) < 4.78 is 5.74. The largest absolute Gasteiger partial charge is 0.481 e. The van der Waals surface area contributed by atoms with Crippen LogP contribution < -0.4 is 0 Å². The maximum Gasteiger partial charge on any atom is 0.304 e.